The maximum atomic E-state index is 13.6. The fraction of sp³-hybridized carbons (Fsp3) is 0.381. The lowest BCUT2D eigenvalue weighted by Crippen LogP contribution is -2.35. The minimum atomic E-state index is -0.581. The highest BCUT2D eigenvalue weighted by atomic mass is 16.3. The summed E-state index contributed by atoms with van der Waals surface area (Å²) in [5.41, 5.74) is 3.75. The van der Waals surface area contributed by atoms with Crippen LogP contribution >= 0.6 is 0 Å². The molecule has 2 aromatic heterocycles. The quantitative estimate of drug-likeness (QED) is 0.361. The van der Waals surface area contributed by atoms with Gasteiger partial charge in [0, 0.05) is 13.1 Å². The van der Waals surface area contributed by atoms with E-state index in [9.17, 15) is 9.59 Å². The van der Waals surface area contributed by atoms with E-state index < -0.39 is 5.91 Å². The van der Waals surface area contributed by atoms with Crippen molar-refractivity contribution in [2.45, 2.75) is 40.5 Å². The van der Waals surface area contributed by atoms with Gasteiger partial charge in [-0.15, -0.1) is 0 Å². The first-order valence-corrected chi connectivity index (χ1v) is 9.81. The molecule has 3 N–H and O–H groups in total. The Hall–Kier alpha value is -3.13. The zero-order valence-electron chi connectivity index (χ0n) is 17.3. The fourth-order valence-electron chi connectivity index (χ4n) is 3.49. The summed E-state index contributed by atoms with van der Waals surface area (Å²) in [4.78, 5) is 32.7. The number of furan rings is 1. The van der Waals surface area contributed by atoms with Crippen molar-refractivity contribution in [1.82, 2.24) is 15.0 Å². The normalized spacial score (nSPS) is 11.1. The lowest BCUT2D eigenvalue weighted by atomic mass is 10.1. The largest absolute Gasteiger partial charge is 0.442 e. The molecule has 0 fully saturated rings. The molecule has 0 unspecified atom stereocenters. The van der Waals surface area contributed by atoms with Crippen LogP contribution in [0, 0.1) is 13.8 Å². The number of rotatable bonds is 7. The third-order valence-corrected chi connectivity index (χ3v) is 4.80. The molecule has 0 spiro atoms. The summed E-state index contributed by atoms with van der Waals surface area (Å²) in [6, 6.07) is 7.63. The van der Waals surface area contributed by atoms with Crippen LogP contribution in [-0.4, -0.2) is 28.5 Å². The minimum Gasteiger partial charge on any atom is -0.442 e. The van der Waals surface area contributed by atoms with Crippen LogP contribution < -0.4 is 21.7 Å². The van der Waals surface area contributed by atoms with Gasteiger partial charge in [0.2, 0.25) is 11.7 Å². The Morgan fingerprint density at radius 3 is 2.34 bits per heavy atom. The van der Waals surface area contributed by atoms with E-state index in [1.807, 2.05) is 31.2 Å². The number of anilines is 1. The van der Waals surface area contributed by atoms with Gasteiger partial charge in [-0.2, -0.15) is 4.98 Å². The van der Waals surface area contributed by atoms with Crippen molar-refractivity contribution in [3.63, 3.8) is 0 Å². The molecule has 0 saturated heterocycles. The number of nitrogen functional groups attached to an aromatic ring is 1. The van der Waals surface area contributed by atoms with Crippen molar-refractivity contribution in [3.8, 4) is 5.69 Å². The van der Waals surface area contributed by atoms with Crippen LogP contribution in [0.1, 0.15) is 48.4 Å². The van der Waals surface area contributed by atoms with E-state index in [4.69, 9.17) is 10.3 Å². The second-order valence-corrected chi connectivity index (χ2v) is 7.06. The molecule has 0 saturated carbocycles. The molecule has 154 valence electrons. The topological polar surface area (TPSA) is 106 Å². The molecule has 0 bridgehead atoms. The number of hydrogen-bond donors (Lipinski definition) is 2. The third-order valence-electron chi connectivity index (χ3n) is 4.80. The minimum absolute atomic E-state index is 0.116. The number of hydrazine groups is 1. The number of amides is 1. The summed E-state index contributed by atoms with van der Waals surface area (Å²) in [7, 11) is 0. The zero-order valence-corrected chi connectivity index (χ0v) is 17.3. The molecule has 29 heavy (non-hydrogen) atoms. The van der Waals surface area contributed by atoms with Crippen LogP contribution in [0.25, 0.3) is 16.8 Å². The van der Waals surface area contributed by atoms with E-state index in [0.717, 1.165) is 31.5 Å². The van der Waals surface area contributed by atoms with Gasteiger partial charge >= 0.3 is 0 Å². The van der Waals surface area contributed by atoms with Gasteiger partial charge in [-0.1, -0.05) is 31.5 Å². The average Bonchev–Trinajstić information content (AvgIpc) is 3.04. The number of hydrogen-bond acceptors (Lipinski definition) is 6. The van der Waals surface area contributed by atoms with Gasteiger partial charge in [0.1, 0.15) is 11.1 Å². The highest BCUT2D eigenvalue weighted by molar-refractivity contribution is 6.06. The van der Waals surface area contributed by atoms with Crippen LogP contribution in [0.4, 0.5) is 5.95 Å². The predicted molar refractivity (Wildman–Crippen MR) is 114 cm³/mol. The molecule has 0 aliphatic rings. The molecule has 8 heteroatoms. The molecule has 1 amide bonds. The predicted octanol–water partition coefficient (Wildman–Crippen LogP) is 2.83. The van der Waals surface area contributed by atoms with Gasteiger partial charge in [0.25, 0.3) is 11.5 Å². The van der Waals surface area contributed by atoms with Crippen molar-refractivity contribution >= 4 is 23.0 Å². The van der Waals surface area contributed by atoms with Crippen molar-refractivity contribution in [3.05, 3.63) is 51.5 Å². The van der Waals surface area contributed by atoms with E-state index in [1.165, 1.54) is 0 Å². The van der Waals surface area contributed by atoms with Crippen LogP contribution in [0.2, 0.25) is 0 Å². The monoisotopic (exact) mass is 397 g/mol. The lowest BCUT2D eigenvalue weighted by molar-refractivity contribution is 0.0953. The van der Waals surface area contributed by atoms with Crippen LogP contribution in [-0.2, 0) is 0 Å². The second-order valence-electron chi connectivity index (χ2n) is 7.06. The number of aromatic nitrogens is 2. The lowest BCUT2D eigenvalue weighted by Gasteiger charge is -2.25. The first-order valence-electron chi connectivity index (χ1n) is 9.81. The van der Waals surface area contributed by atoms with E-state index in [-0.39, 0.29) is 22.2 Å². The molecule has 0 aliphatic carbocycles. The maximum absolute atomic E-state index is 13.6. The van der Waals surface area contributed by atoms with Crippen molar-refractivity contribution in [2.24, 2.45) is 5.84 Å². The Kier molecular flexibility index (Phi) is 6.03. The summed E-state index contributed by atoms with van der Waals surface area (Å²) < 4.78 is 7.24. The molecule has 0 aliphatic heterocycles. The van der Waals surface area contributed by atoms with Gasteiger partial charge in [-0.3, -0.25) is 15.0 Å². The van der Waals surface area contributed by atoms with E-state index in [0.29, 0.717) is 17.4 Å². The number of benzene rings is 1. The summed E-state index contributed by atoms with van der Waals surface area (Å²) in [6.07, 6.45) is 1.81. The van der Waals surface area contributed by atoms with E-state index in [1.54, 1.807) is 11.5 Å². The Labute approximate surface area is 169 Å². The number of fused-ring (bicyclic) bond motifs is 1. The molecule has 8 nitrogen and oxygen atoms in total. The summed E-state index contributed by atoms with van der Waals surface area (Å²) in [5.74, 6) is 5.54. The standard InChI is InChI=1S/C21H27N5O3/c1-5-11-25(12-6-2)21-23-19-17(16(14(4)29-19)18(27)24-22)20(28)26(21)15-9-7-13(3)8-10-15/h7-10H,5-6,11-12,22H2,1-4H3,(H,24,27). The third kappa shape index (κ3) is 3.75. The Bertz CT molecular complexity index is 1080. The molecule has 3 aromatic rings. The molecule has 0 radical (unpaired) electrons. The highest BCUT2D eigenvalue weighted by Gasteiger charge is 2.26. The number of nitrogens with one attached hydrogen (secondary N) is 1. The van der Waals surface area contributed by atoms with Gasteiger partial charge in [0.15, 0.2) is 0 Å². The highest BCUT2D eigenvalue weighted by Crippen LogP contribution is 2.26. The molecular weight excluding hydrogens is 370 g/mol. The second kappa shape index (κ2) is 8.48. The summed E-state index contributed by atoms with van der Waals surface area (Å²) in [5, 5.41) is 0.128. The van der Waals surface area contributed by atoms with Crippen molar-refractivity contribution in [2.75, 3.05) is 18.0 Å². The molecule has 2 heterocycles. The molecule has 3 rings (SSSR count). The van der Waals surface area contributed by atoms with Gasteiger partial charge in [-0.05, 0) is 38.8 Å². The van der Waals surface area contributed by atoms with Gasteiger partial charge < -0.3 is 9.32 Å². The Morgan fingerprint density at radius 2 is 1.79 bits per heavy atom. The van der Waals surface area contributed by atoms with Gasteiger partial charge in [0.05, 0.1) is 11.3 Å². The number of carbonyl (C=O) groups is 1. The summed E-state index contributed by atoms with van der Waals surface area (Å²) >= 11 is 0. The number of aryl methyl sites for hydroxylation is 2. The van der Waals surface area contributed by atoms with E-state index in [2.05, 4.69) is 29.2 Å². The maximum Gasteiger partial charge on any atom is 0.271 e. The van der Waals surface area contributed by atoms with E-state index >= 15 is 0 Å². The van der Waals surface area contributed by atoms with Crippen LogP contribution in [0.15, 0.2) is 33.5 Å². The molecular formula is C21H27N5O3. The molecule has 1 aromatic carbocycles. The smallest absolute Gasteiger partial charge is 0.271 e. The van der Waals surface area contributed by atoms with Crippen LogP contribution in [0.3, 0.4) is 0 Å². The first kappa shape index (κ1) is 20.6. The molecule has 0 atom stereocenters. The average molecular weight is 397 g/mol. The Morgan fingerprint density at radius 1 is 1.17 bits per heavy atom. The zero-order chi connectivity index (χ0) is 21.1. The summed E-state index contributed by atoms with van der Waals surface area (Å²) in [6.45, 7) is 9.25. The van der Waals surface area contributed by atoms with Crippen LogP contribution in [0.5, 0.6) is 0 Å². The first-order chi connectivity index (χ1) is 13.9. The van der Waals surface area contributed by atoms with Gasteiger partial charge in [-0.25, -0.2) is 10.4 Å². The number of nitrogens with two attached hydrogens (primary N) is 1. The van der Waals surface area contributed by atoms with Crippen molar-refractivity contribution in [1.29, 1.82) is 0 Å². The Balaban J connectivity index is 2.40. The number of carbonyl (C=O) groups excluding carboxylic acids is 1. The number of nitrogens with zero attached hydrogens (tertiary/aromatic N) is 3. The fourth-order valence-corrected chi connectivity index (χ4v) is 3.49. The SMILES string of the molecule is CCCN(CCC)c1nc2oc(C)c(C(=O)NN)c2c(=O)n1-c1ccc(C)cc1. The van der Waals surface area contributed by atoms with Crippen molar-refractivity contribution < 1.29 is 9.21 Å².